The number of sulfonamides is 1. The van der Waals surface area contributed by atoms with Gasteiger partial charge in [0.1, 0.15) is 0 Å². The molecule has 2 aromatic rings. The van der Waals surface area contributed by atoms with Crippen LogP contribution in [0.3, 0.4) is 0 Å². The summed E-state index contributed by atoms with van der Waals surface area (Å²) < 4.78 is 40.6. The van der Waals surface area contributed by atoms with Crippen LogP contribution in [-0.2, 0) is 19.6 Å². The summed E-state index contributed by atoms with van der Waals surface area (Å²) in [5.41, 5.74) is 0.446. The third-order valence-electron chi connectivity index (χ3n) is 5.20. The third-order valence-corrected chi connectivity index (χ3v) is 7.55. The maximum absolute atomic E-state index is 14.0. The summed E-state index contributed by atoms with van der Waals surface area (Å²) in [5, 5.41) is 2.37. The molecule has 0 aromatic heterocycles. The molecule has 166 valence electrons. The highest BCUT2D eigenvalue weighted by atomic mass is 35.5. The summed E-state index contributed by atoms with van der Waals surface area (Å²) in [4.78, 5) is 26.6. The van der Waals surface area contributed by atoms with Gasteiger partial charge in [0.2, 0.25) is 21.8 Å². The molecule has 0 bridgehead atoms. The fourth-order valence-electron chi connectivity index (χ4n) is 3.48. The molecule has 1 saturated heterocycles. The number of hydrogen-bond donors (Lipinski definition) is 1. The molecule has 2 aromatic carbocycles. The molecular formula is C21H23ClFN3O4S. The van der Waals surface area contributed by atoms with Gasteiger partial charge in [0.15, 0.2) is 5.82 Å². The van der Waals surface area contributed by atoms with Crippen LogP contribution in [0.25, 0.3) is 0 Å². The Morgan fingerprint density at radius 3 is 2.45 bits per heavy atom. The maximum Gasteiger partial charge on any atom is 0.243 e. The van der Waals surface area contributed by atoms with Crippen molar-refractivity contribution in [1.82, 2.24) is 4.31 Å². The fourth-order valence-corrected chi connectivity index (χ4v) is 5.11. The minimum absolute atomic E-state index is 0.0342. The number of nitrogens with zero attached hydrogens (tertiary/aromatic N) is 2. The Labute approximate surface area is 185 Å². The first kappa shape index (κ1) is 23.2. The minimum Gasteiger partial charge on any atom is -0.323 e. The summed E-state index contributed by atoms with van der Waals surface area (Å²) in [6.07, 6.45) is -0.0342. The standard InChI is InChI=1S/C21H23ClFN3O4S/c1-3-25(4-2)31(29,30)16-10-8-15(9-11-16)26-13-14(12-19(26)27)21(28)24-18-7-5-6-17(22)20(18)23/h5-11,14H,3-4,12-13H2,1-2H3,(H,24,28). The molecule has 7 nitrogen and oxygen atoms in total. The lowest BCUT2D eigenvalue weighted by molar-refractivity contribution is -0.122. The Morgan fingerprint density at radius 2 is 1.84 bits per heavy atom. The van der Waals surface area contributed by atoms with Gasteiger partial charge in [0.05, 0.1) is 21.5 Å². The lowest BCUT2D eigenvalue weighted by atomic mass is 10.1. The van der Waals surface area contributed by atoms with Crippen LogP contribution in [0.15, 0.2) is 47.4 Å². The van der Waals surface area contributed by atoms with E-state index >= 15 is 0 Å². The van der Waals surface area contributed by atoms with Crippen molar-refractivity contribution in [3.63, 3.8) is 0 Å². The summed E-state index contributed by atoms with van der Waals surface area (Å²) in [7, 11) is -3.60. The fraction of sp³-hybridized carbons (Fsp3) is 0.333. The van der Waals surface area contributed by atoms with E-state index in [2.05, 4.69) is 5.32 Å². The number of nitrogens with one attached hydrogen (secondary N) is 1. The summed E-state index contributed by atoms with van der Waals surface area (Å²) >= 11 is 5.73. The largest absolute Gasteiger partial charge is 0.323 e. The van der Waals surface area contributed by atoms with Crippen molar-refractivity contribution in [2.45, 2.75) is 25.2 Å². The molecule has 3 rings (SSSR count). The predicted molar refractivity (Wildman–Crippen MR) is 117 cm³/mol. The van der Waals surface area contributed by atoms with E-state index in [1.54, 1.807) is 26.0 Å². The Bertz CT molecular complexity index is 1090. The van der Waals surface area contributed by atoms with Crippen molar-refractivity contribution in [2.24, 2.45) is 5.92 Å². The van der Waals surface area contributed by atoms with E-state index < -0.39 is 27.7 Å². The SMILES string of the molecule is CCN(CC)S(=O)(=O)c1ccc(N2CC(C(=O)Nc3cccc(Cl)c3F)CC2=O)cc1. The third kappa shape index (κ3) is 4.73. The van der Waals surface area contributed by atoms with Crippen molar-refractivity contribution < 1.29 is 22.4 Å². The van der Waals surface area contributed by atoms with Gasteiger partial charge in [-0.05, 0) is 36.4 Å². The number of hydrogen-bond acceptors (Lipinski definition) is 4. The van der Waals surface area contributed by atoms with Crippen LogP contribution < -0.4 is 10.2 Å². The first-order valence-corrected chi connectivity index (χ1v) is 11.7. The van der Waals surface area contributed by atoms with Gasteiger partial charge in [-0.25, -0.2) is 12.8 Å². The second-order valence-corrected chi connectivity index (χ2v) is 9.42. The van der Waals surface area contributed by atoms with Gasteiger partial charge in [-0.3, -0.25) is 9.59 Å². The van der Waals surface area contributed by atoms with Gasteiger partial charge >= 0.3 is 0 Å². The van der Waals surface area contributed by atoms with Gasteiger partial charge in [0.25, 0.3) is 0 Å². The van der Waals surface area contributed by atoms with Gasteiger partial charge in [-0.15, -0.1) is 0 Å². The molecule has 0 aliphatic carbocycles. The highest BCUT2D eigenvalue weighted by Gasteiger charge is 2.35. The van der Waals surface area contributed by atoms with Crippen molar-refractivity contribution in [1.29, 1.82) is 0 Å². The molecule has 1 heterocycles. The molecule has 0 radical (unpaired) electrons. The van der Waals surface area contributed by atoms with E-state index in [1.165, 1.54) is 39.5 Å². The minimum atomic E-state index is -3.60. The zero-order chi connectivity index (χ0) is 22.8. The lowest BCUT2D eigenvalue weighted by Crippen LogP contribution is -2.31. The highest BCUT2D eigenvalue weighted by Crippen LogP contribution is 2.29. The van der Waals surface area contributed by atoms with Gasteiger partial charge < -0.3 is 10.2 Å². The Hall–Kier alpha value is -2.49. The molecule has 1 aliphatic rings. The van der Waals surface area contributed by atoms with Gasteiger partial charge in [-0.2, -0.15) is 4.31 Å². The smallest absolute Gasteiger partial charge is 0.243 e. The molecule has 1 aliphatic heterocycles. The van der Waals surface area contributed by atoms with Crippen molar-refractivity contribution in [2.75, 3.05) is 29.9 Å². The second-order valence-electron chi connectivity index (χ2n) is 7.08. The molecule has 31 heavy (non-hydrogen) atoms. The van der Waals surface area contributed by atoms with E-state index in [1.807, 2.05) is 0 Å². The van der Waals surface area contributed by atoms with Crippen LogP contribution in [0.4, 0.5) is 15.8 Å². The first-order valence-electron chi connectivity index (χ1n) is 9.84. The summed E-state index contributed by atoms with van der Waals surface area (Å²) in [6, 6.07) is 10.3. The number of halogens is 2. The Morgan fingerprint density at radius 1 is 1.19 bits per heavy atom. The first-order chi connectivity index (χ1) is 14.7. The summed E-state index contributed by atoms with van der Waals surface area (Å²) in [6.45, 7) is 4.34. The molecular weight excluding hydrogens is 445 g/mol. The van der Waals surface area contributed by atoms with E-state index in [-0.39, 0.29) is 34.5 Å². The molecule has 1 unspecified atom stereocenters. The molecule has 1 N–H and O–H groups in total. The molecule has 10 heteroatoms. The number of carbonyl (C=O) groups is 2. The highest BCUT2D eigenvalue weighted by molar-refractivity contribution is 7.89. The average molecular weight is 468 g/mol. The van der Waals surface area contributed by atoms with Crippen LogP contribution in [0, 0.1) is 11.7 Å². The number of carbonyl (C=O) groups excluding carboxylic acids is 2. The monoisotopic (exact) mass is 467 g/mol. The number of rotatable bonds is 7. The average Bonchev–Trinajstić information content (AvgIpc) is 3.14. The van der Waals surface area contributed by atoms with Crippen LogP contribution in [0.2, 0.25) is 5.02 Å². The topological polar surface area (TPSA) is 86.8 Å². The van der Waals surface area contributed by atoms with Crippen molar-refractivity contribution in [3.8, 4) is 0 Å². The molecule has 1 atom stereocenters. The molecule has 0 saturated carbocycles. The summed E-state index contributed by atoms with van der Waals surface area (Å²) in [5.74, 6) is -2.17. The van der Waals surface area contributed by atoms with E-state index in [0.29, 0.717) is 18.8 Å². The van der Waals surface area contributed by atoms with Crippen LogP contribution in [0.1, 0.15) is 20.3 Å². The quantitative estimate of drug-likeness (QED) is 0.675. The number of anilines is 2. The number of benzene rings is 2. The van der Waals surface area contributed by atoms with Crippen LogP contribution >= 0.6 is 11.6 Å². The molecule has 1 fully saturated rings. The Kier molecular flexibility index (Phi) is 6.98. The lowest BCUT2D eigenvalue weighted by Gasteiger charge is -2.20. The van der Waals surface area contributed by atoms with E-state index in [0.717, 1.165) is 0 Å². The van der Waals surface area contributed by atoms with Crippen LogP contribution in [-0.4, -0.2) is 44.2 Å². The van der Waals surface area contributed by atoms with Crippen molar-refractivity contribution in [3.05, 3.63) is 53.3 Å². The van der Waals surface area contributed by atoms with Crippen molar-refractivity contribution >= 4 is 44.8 Å². The normalized spacial score (nSPS) is 16.7. The maximum atomic E-state index is 14.0. The number of amides is 2. The Balaban J connectivity index is 1.73. The molecule has 0 spiro atoms. The zero-order valence-corrected chi connectivity index (χ0v) is 18.7. The van der Waals surface area contributed by atoms with E-state index in [9.17, 15) is 22.4 Å². The zero-order valence-electron chi connectivity index (χ0n) is 17.1. The van der Waals surface area contributed by atoms with E-state index in [4.69, 9.17) is 11.6 Å². The van der Waals surface area contributed by atoms with Crippen LogP contribution in [0.5, 0.6) is 0 Å². The van der Waals surface area contributed by atoms with Gasteiger partial charge in [0, 0.05) is 31.7 Å². The van der Waals surface area contributed by atoms with Gasteiger partial charge in [-0.1, -0.05) is 31.5 Å². The second kappa shape index (κ2) is 9.33. The predicted octanol–water partition coefficient (Wildman–Crippen LogP) is 3.50. The molecule has 2 amide bonds.